The monoisotopic (exact) mass is 599 g/mol. The van der Waals surface area contributed by atoms with Gasteiger partial charge in [-0.3, -0.25) is 9.59 Å². The summed E-state index contributed by atoms with van der Waals surface area (Å²) < 4.78 is 12.0. The van der Waals surface area contributed by atoms with Crippen LogP contribution in [0.1, 0.15) is 94.7 Å². The topological polar surface area (TPSA) is 113 Å². The number of aryl methyl sites for hydroxylation is 1. The molecule has 0 aromatic heterocycles. The van der Waals surface area contributed by atoms with E-state index in [-0.39, 0.29) is 17.0 Å². The van der Waals surface area contributed by atoms with E-state index in [0.29, 0.717) is 57.2 Å². The Hall–Kier alpha value is -4.33. The number of rotatable bonds is 12. The van der Waals surface area contributed by atoms with Crippen molar-refractivity contribution in [3.05, 3.63) is 94.5 Å². The minimum Gasteiger partial charge on any atom is -0.493 e. The van der Waals surface area contributed by atoms with Gasteiger partial charge in [0.05, 0.1) is 23.7 Å². The number of piperidine rings is 1. The Kier molecular flexibility index (Phi) is 10.5. The molecule has 2 N–H and O–H groups in total. The fraction of sp³-hybridized carbons (Fsp3) is 0.417. The summed E-state index contributed by atoms with van der Waals surface area (Å²) in [5.41, 5.74) is 3.92. The number of carbonyl (C=O) groups excluding carboxylic acids is 1. The molecule has 1 aliphatic heterocycles. The number of carboxylic acids is 2. The number of aliphatic carboxylic acids is 1. The first-order chi connectivity index (χ1) is 21.4. The first-order valence-corrected chi connectivity index (χ1v) is 15.7. The van der Waals surface area contributed by atoms with Crippen LogP contribution in [0.3, 0.4) is 0 Å². The molecule has 8 heteroatoms. The van der Waals surface area contributed by atoms with Crippen LogP contribution in [0.25, 0.3) is 0 Å². The summed E-state index contributed by atoms with van der Waals surface area (Å²) >= 11 is 0. The normalized spacial score (nSPS) is 16.0. The zero-order valence-corrected chi connectivity index (χ0v) is 25.1. The standard InChI is InChI=1S/C36H41NO7/c38-34(37-20-18-29(19-21-37)35(39)40)32-23-30(36(41)42)14-17-33(32)43-22-4-5-25-10-15-31(16-11-25)44-24-26-8-12-28(13-9-26)27-6-2-1-3-7-27/h8-17,23,27,29H,1-7,18-22,24H2,(H,39,40)(H,41,42). The lowest BCUT2D eigenvalue weighted by Crippen LogP contribution is -2.40. The zero-order chi connectivity index (χ0) is 30.9. The third kappa shape index (κ3) is 8.18. The van der Waals surface area contributed by atoms with Crippen LogP contribution in [0, 0.1) is 5.92 Å². The van der Waals surface area contributed by atoms with E-state index in [9.17, 15) is 24.6 Å². The maximum atomic E-state index is 13.3. The molecule has 1 heterocycles. The molecule has 0 spiro atoms. The molecule has 3 aromatic carbocycles. The number of amides is 1. The van der Waals surface area contributed by atoms with E-state index in [1.165, 1.54) is 55.9 Å². The molecule has 0 bridgehead atoms. The largest absolute Gasteiger partial charge is 0.493 e. The van der Waals surface area contributed by atoms with Crippen molar-refractivity contribution in [1.82, 2.24) is 4.90 Å². The Labute approximate surface area is 258 Å². The quantitative estimate of drug-likeness (QED) is 0.216. The van der Waals surface area contributed by atoms with Gasteiger partial charge in [-0.05, 0) is 91.5 Å². The van der Waals surface area contributed by atoms with Gasteiger partial charge in [0.15, 0.2) is 0 Å². The molecule has 8 nitrogen and oxygen atoms in total. The van der Waals surface area contributed by atoms with E-state index in [1.54, 1.807) is 4.90 Å². The summed E-state index contributed by atoms with van der Waals surface area (Å²) in [4.78, 5) is 37.7. The highest BCUT2D eigenvalue weighted by atomic mass is 16.5. The predicted molar refractivity (Wildman–Crippen MR) is 167 cm³/mol. The smallest absolute Gasteiger partial charge is 0.335 e. The van der Waals surface area contributed by atoms with Crippen LogP contribution in [0.15, 0.2) is 66.7 Å². The van der Waals surface area contributed by atoms with Crippen LogP contribution >= 0.6 is 0 Å². The Morgan fingerprint density at radius 1 is 0.773 bits per heavy atom. The highest BCUT2D eigenvalue weighted by Gasteiger charge is 2.29. The average molecular weight is 600 g/mol. The van der Waals surface area contributed by atoms with Crippen LogP contribution < -0.4 is 9.47 Å². The van der Waals surface area contributed by atoms with Crippen molar-refractivity contribution in [3.8, 4) is 11.5 Å². The van der Waals surface area contributed by atoms with Gasteiger partial charge in [-0.25, -0.2) is 4.79 Å². The molecule has 2 aliphatic rings. The number of benzene rings is 3. The van der Waals surface area contributed by atoms with Crippen LogP contribution in [-0.2, 0) is 17.8 Å². The van der Waals surface area contributed by atoms with Crippen LogP contribution in [0.5, 0.6) is 11.5 Å². The molecule has 1 aliphatic carbocycles. The number of carboxylic acid groups (broad SMARTS) is 2. The second kappa shape index (κ2) is 14.9. The van der Waals surface area contributed by atoms with Crippen LogP contribution in [0.4, 0.5) is 0 Å². The lowest BCUT2D eigenvalue weighted by Gasteiger charge is -2.30. The lowest BCUT2D eigenvalue weighted by atomic mass is 9.84. The van der Waals surface area contributed by atoms with Gasteiger partial charge in [0, 0.05) is 13.1 Å². The maximum absolute atomic E-state index is 13.3. The first kappa shape index (κ1) is 31.1. The number of carbonyl (C=O) groups is 3. The fourth-order valence-corrected chi connectivity index (χ4v) is 6.16. The maximum Gasteiger partial charge on any atom is 0.335 e. The number of likely N-dealkylation sites (tertiary alicyclic amines) is 1. The number of ether oxygens (including phenoxy) is 2. The lowest BCUT2D eigenvalue weighted by molar-refractivity contribution is -0.143. The molecule has 1 saturated carbocycles. The van der Waals surface area contributed by atoms with E-state index >= 15 is 0 Å². The van der Waals surface area contributed by atoms with Gasteiger partial charge in [0.25, 0.3) is 5.91 Å². The molecule has 0 unspecified atom stereocenters. The third-order valence-corrected chi connectivity index (χ3v) is 8.84. The molecule has 232 valence electrons. The summed E-state index contributed by atoms with van der Waals surface area (Å²) in [6, 6.07) is 21.2. The SMILES string of the molecule is O=C(O)c1ccc(OCCCc2ccc(OCc3ccc(C4CCCCC4)cc3)cc2)c(C(=O)N2CCC(C(=O)O)CC2)c1. The van der Waals surface area contributed by atoms with Crippen molar-refractivity contribution >= 4 is 17.8 Å². The van der Waals surface area contributed by atoms with Gasteiger partial charge < -0.3 is 24.6 Å². The van der Waals surface area contributed by atoms with Gasteiger partial charge in [0.1, 0.15) is 18.1 Å². The molecule has 44 heavy (non-hydrogen) atoms. The van der Waals surface area contributed by atoms with E-state index in [1.807, 2.05) is 24.3 Å². The summed E-state index contributed by atoms with van der Waals surface area (Å²) in [5.74, 6) is -0.951. The van der Waals surface area contributed by atoms with Crippen LogP contribution in [-0.4, -0.2) is 52.7 Å². The zero-order valence-electron chi connectivity index (χ0n) is 25.1. The predicted octanol–water partition coefficient (Wildman–Crippen LogP) is 6.96. The third-order valence-electron chi connectivity index (χ3n) is 8.84. The van der Waals surface area contributed by atoms with Gasteiger partial charge >= 0.3 is 11.9 Å². The van der Waals surface area contributed by atoms with E-state index in [4.69, 9.17) is 9.47 Å². The highest BCUT2D eigenvalue weighted by molar-refractivity contribution is 6.00. The number of hydrogen-bond donors (Lipinski definition) is 2. The van der Waals surface area contributed by atoms with E-state index < -0.39 is 17.9 Å². The van der Waals surface area contributed by atoms with Crippen molar-refractivity contribution in [1.29, 1.82) is 0 Å². The Morgan fingerprint density at radius 3 is 2.11 bits per heavy atom. The average Bonchev–Trinajstić information content (AvgIpc) is 3.06. The molecule has 1 saturated heterocycles. The molecule has 3 aromatic rings. The number of hydrogen-bond acceptors (Lipinski definition) is 5. The molecular formula is C36H41NO7. The van der Waals surface area contributed by atoms with Crippen molar-refractivity contribution in [3.63, 3.8) is 0 Å². The van der Waals surface area contributed by atoms with E-state index in [0.717, 1.165) is 23.3 Å². The molecule has 2 fully saturated rings. The van der Waals surface area contributed by atoms with Crippen molar-refractivity contribution < 1.29 is 34.1 Å². The molecule has 0 radical (unpaired) electrons. The number of nitrogens with zero attached hydrogens (tertiary/aromatic N) is 1. The Balaban J connectivity index is 1.09. The highest BCUT2D eigenvalue weighted by Crippen LogP contribution is 2.32. The van der Waals surface area contributed by atoms with Crippen molar-refractivity contribution in [2.24, 2.45) is 5.92 Å². The fourth-order valence-electron chi connectivity index (χ4n) is 6.16. The molecule has 1 amide bonds. The van der Waals surface area contributed by atoms with Gasteiger partial charge in [-0.2, -0.15) is 0 Å². The van der Waals surface area contributed by atoms with Gasteiger partial charge in [-0.1, -0.05) is 55.7 Å². The van der Waals surface area contributed by atoms with Crippen LogP contribution in [0.2, 0.25) is 0 Å². The minimum absolute atomic E-state index is 0.000100. The first-order valence-electron chi connectivity index (χ1n) is 15.7. The van der Waals surface area contributed by atoms with Crippen molar-refractivity contribution in [2.45, 2.75) is 70.3 Å². The molecule has 0 atom stereocenters. The summed E-state index contributed by atoms with van der Waals surface area (Å²) in [5, 5.41) is 18.7. The van der Waals surface area contributed by atoms with E-state index in [2.05, 4.69) is 24.3 Å². The summed E-state index contributed by atoms with van der Waals surface area (Å²) in [6.45, 7) is 1.48. The Morgan fingerprint density at radius 2 is 1.45 bits per heavy atom. The van der Waals surface area contributed by atoms with Gasteiger partial charge in [-0.15, -0.1) is 0 Å². The molecular weight excluding hydrogens is 558 g/mol. The summed E-state index contributed by atoms with van der Waals surface area (Å²) in [7, 11) is 0. The van der Waals surface area contributed by atoms with Gasteiger partial charge in [0.2, 0.25) is 0 Å². The molecule has 5 rings (SSSR count). The second-order valence-electron chi connectivity index (χ2n) is 11.9. The Bertz CT molecular complexity index is 1420. The van der Waals surface area contributed by atoms with Crippen molar-refractivity contribution in [2.75, 3.05) is 19.7 Å². The summed E-state index contributed by atoms with van der Waals surface area (Å²) in [6.07, 6.45) is 8.83. The second-order valence-corrected chi connectivity index (χ2v) is 11.9. The minimum atomic E-state index is -1.13. The number of aromatic carboxylic acids is 1.